The van der Waals surface area contributed by atoms with E-state index in [1.807, 2.05) is 0 Å². The minimum absolute atomic E-state index is 0.0890. The van der Waals surface area contributed by atoms with Gasteiger partial charge in [0.2, 0.25) is 0 Å². The van der Waals surface area contributed by atoms with Crippen molar-refractivity contribution in [3.8, 4) is 5.75 Å². The van der Waals surface area contributed by atoms with Crippen LogP contribution in [0.5, 0.6) is 5.75 Å². The molecule has 0 spiro atoms. The van der Waals surface area contributed by atoms with Crippen molar-refractivity contribution in [2.24, 2.45) is 5.92 Å². The highest BCUT2D eigenvalue weighted by Gasteiger charge is 2.16. The molecule has 1 aromatic carbocycles. The van der Waals surface area contributed by atoms with E-state index in [4.69, 9.17) is 0 Å². The Morgan fingerprint density at radius 1 is 1.26 bits per heavy atom. The topological polar surface area (TPSA) is 21.3 Å². The summed E-state index contributed by atoms with van der Waals surface area (Å²) < 4.78 is 42.4. The minimum Gasteiger partial charge on any atom is -0.434 e. The number of nitrogens with one attached hydrogen (secondary N) is 1. The highest BCUT2D eigenvalue weighted by Crippen LogP contribution is 2.25. The molecule has 0 amide bonds. The first kappa shape index (κ1) is 14.2. The van der Waals surface area contributed by atoms with Crippen LogP contribution in [0.2, 0.25) is 0 Å². The Labute approximate surface area is 111 Å². The second kappa shape index (κ2) is 6.80. The zero-order valence-corrected chi connectivity index (χ0v) is 10.7. The Hall–Kier alpha value is -1.23. The van der Waals surface area contributed by atoms with Crippen LogP contribution in [0.1, 0.15) is 31.2 Å². The van der Waals surface area contributed by atoms with Crippen molar-refractivity contribution in [3.63, 3.8) is 0 Å². The van der Waals surface area contributed by atoms with Gasteiger partial charge in [0.15, 0.2) is 0 Å². The van der Waals surface area contributed by atoms with E-state index >= 15 is 0 Å². The van der Waals surface area contributed by atoms with Crippen molar-refractivity contribution < 1.29 is 17.9 Å². The van der Waals surface area contributed by atoms with E-state index in [9.17, 15) is 13.2 Å². The first-order valence-corrected chi connectivity index (χ1v) is 6.59. The molecular weight excluding hydrogens is 255 g/mol. The van der Waals surface area contributed by atoms with Gasteiger partial charge in [-0.1, -0.05) is 18.9 Å². The predicted octanol–water partition coefficient (Wildman–Crippen LogP) is 3.71. The molecule has 0 unspecified atom stereocenters. The van der Waals surface area contributed by atoms with Gasteiger partial charge < -0.3 is 10.1 Å². The maximum atomic E-state index is 13.6. The summed E-state index contributed by atoms with van der Waals surface area (Å²) in [4.78, 5) is 0. The van der Waals surface area contributed by atoms with Gasteiger partial charge in [0.1, 0.15) is 11.6 Å². The first-order valence-electron chi connectivity index (χ1n) is 6.59. The molecule has 0 aromatic heterocycles. The molecule has 1 aromatic rings. The van der Waals surface area contributed by atoms with E-state index in [1.54, 1.807) is 0 Å². The van der Waals surface area contributed by atoms with Crippen LogP contribution >= 0.6 is 0 Å². The van der Waals surface area contributed by atoms with Gasteiger partial charge in [0, 0.05) is 12.1 Å². The molecule has 1 N–H and O–H groups in total. The third kappa shape index (κ3) is 4.13. The number of benzene rings is 1. The molecule has 0 aliphatic heterocycles. The monoisotopic (exact) mass is 273 g/mol. The second-order valence-corrected chi connectivity index (χ2v) is 4.88. The smallest absolute Gasteiger partial charge is 0.387 e. The minimum atomic E-state index is -2.93. The highest BCUT2D eigenvalue weighted by atomic mass is 19.3. The fraction of sp³-hybridized carbons (Fsp3) is 0.571. The van der Waals surface area contributed by atoms with E-state index in [-0.39, 0.29) is 17.9 Å². The lowest BCUT2D eigenvalue weighted by atomic mass is 10.1. The molecular formula is C14H18F3NO. The summed E-state index contributed by atoms with van der Waals surface area (Å²) in [6.07, 6.45) is 4.85. The van der Waals surface area contributed by atoms with Gasteiger partial charge in [-0.25, -0.2) is 4.39 Å². The SMILES string of the molecule is Fc1cccc(OC(F)F)c1CNCC1CCCC1. The van der Waals surface area contributed by atoms with Crippen LogP contribution in [-0.2, 0) is 6.54 Å². The van der Waals surface area contributed by atoms with Gasteiger partial charge in [0.05, 0.1) is 0 Å². The van der Waals surface area contributed by atoms with E-state index in [2.05, 4.69) is 10.1 Å². The third-order valence-electron chi connectivity index (χ3n) is 3.50. The number of rotatable bonds is 6. The van der Waals surface area contributed by atoms with Gasteiger partial charge in [-0.2, -0.15) is 8.78 Å². The number of hydrogen-bond donors (Lipinski definition) is 1. The lowest BCUT2D eigenvalue weighted by Gasteiger charge is -2.14. The maximum Gasteiger partial charge on any atom is 0.387 e. The molecule has 5 heteroatoms. The largest absolute Gasteiger partial charge is 0.434 e. The Morgan fingerprint density at radius 3 is 2.68 bits per heavy atom. The van der Waals surface area contributed by atoms with Crippen LogP contribution < -0.4 is 10.1 Å². The highest BCUT2D eigenvalue weighted by molar-refractivity contribution is 5.34. The predicted molar refractivity (Wildman–Crippen MR) is 66.7 cm³/mol. The Morgan fingerprint density at radius 2 is 2.00 bits per heavy atom. The lowest BCUT2D eigenvalue weighted by Crippen LogP contribution is -2.22. The molecule has 1 fully saturated rings. The van der Waals surface area contributed by atoms with Crippen LogP contribution in [0.25, 0.3) is 0 Å². The van der Waals surface area contributed by atoms with Crippen molar-refractivity contribution in [2.75, 3.05) is 6.54 Å². The zero-order valence-electron chi connectivity index (χ0n) is 10.7. The molecule has 0 bridgehead atoms. The third-order valence-corrected chi connectivity index (χ3v) is 3.50. The molecule has 0 saturated heterocycles. The van der Waals surface area contributed by atoms with E-state index in [0.29, 0.717) is 5.92 Å². The number of halogens is 3. The molecule has 2 nitrogen and oxygen atoms in total. The zero-order chi connectivity index (χ0) is 13.7. The molecule has 19 heavy (non-hydrogen) atoms. The van der Waals surface area contributed by atoms with Crippen molar-refractivity contribution >= 4 is 0 Å². The average Bonchev–Trinajstić information content (AvgIpc) is 2.85. The Bertz CT molecular complexity index is 406. The molecule has 0 heterocycles. The van der Waals surface area contributed by atoms with Crippen LogP contribution in [0.4, 0.5) is 13.2 Å². The summed E-state index contributed by atoms with van der Waals surface area (Å²) in [5.74, 6) is 0.0113. The number of ether oxygens (including phenoxy) is 1. The number of alkyl halides is 2. The molecule has 0 radical (unpaired) electrons. The molecule has 0 atom stereocenters. The van der Waals surface area contributed by atoms with Crippen molar-refractivity contribution in [1.29, 1.82) is 0 Å². The van der Waals surface area contributed by atoms with E-state index in [0.717, 1.165) is 6.54 Å². The quantitative estimate of drug-likeness (QED) is 0.853. The van der Waals surface area contributed by atoms with Gasteiger partial charge in [0.25, 0.3) is 0 Å². The van der Waals surface area contributed by atoms with Crippen LogP contribution in [0.3, 0.4) is 0 Å². The first-order chi connectivity index (χ1) is 9.16. The maximum absolute atomic E-state index is 13.6. The number of hydrogen-bond acceptors (Lipinski definition) is 2. The molecule has 1 saturated carbocycles. The fourth-order valence-electron chi connectivity index (χ4n) is 2.53. The van der Waals surface area contributed by atoms with Crippen LogP contribution in [-0.4, -0.2) is 13.2 Å². The Balaban J connectivity index is 1.93. The van der Waals surface area contributed by atoms with E-state index < -0.39 is 12.4 Å². The van der Waals surface area contributed by atoms with Gasteiger partial charge in [-0.05, 0) is 37.4 Å². The van der Waals surface area contributed by atoms with Gasteiger partial charge in [-0.15, -0.1) is 0 Å². The summed E-state index contributed by atoms with van der Waals surface area (Å²) in [5, 5.41) is 3.13. The summed E-state index contributed by atoms with van der Waals surface area (Å²) in [6.45, 7) is -1.93. The molecule has 1 aliphatic rings. The van der Waals surface area contributed by atoms with Crippen molar-refractivity contribution in [1.82, 2.24) is 5.32 Å². The van der Waals surface area contributed by atoms with Gasteiger partial charge >= 0.3 is 6.61 Å². The van der Waals surface area contributed by atoms with Crippen molar-refractivity contribution in [3.05, 3.63) is 29.6 Å². The standard InChI is InChI=1S/C14H18F3NO/c15-12-6-3-7-13(19-14(16)17)11(12)9-18-8-10-4-1-2-5-10/h3,6-7,10,14,18H,1-2,4-5,8-9H2. The van der Waals surface area contributed by atoms with Crippen LogP contribution in [0.15, 0.2) is 18.2 Å². The molecule has 1 aliphatic carbocycles. The van der Waals surface area contributed by atoms with Crippen LogP contribution in [0, 0.1) is 11.7 Å². The van der Waals surface area contributed by atoms with Crippen molar-refractivity contribution in [2.45, 2.75) is 38.8 Å². The summed E-state index contributed by atoms with van der Waals surface area (Å²) >= 11 is 0. The summed E-state index contributed by atoms with van der Waals surface area (Å²) in [7, 11) is 0. The summed E-state index contributed by atoms with van der Waals surface area (Å²) in [6, 6.07) is 3.99. The Kier molecular flexibility index (Phi) is 5.07. The van der Waals surface area contributed by atoms with E-state index in [1.165, 1.54) is 43.9 Å². The molecule has 2 rings (SSSR count). The molecule has 106 valence electrons. The van der Waals surface area contributed by atoms with Gasteiger partial charge in [-0.3, -0.25) is 0 Å². The average molecular weight is 273 g/mol. The normalized spacial score (nSPS) is 16.2. The summed E-state index contributed by atoms with van der Waals surface area (Å²) in [5.41, 5.74) is 0.167. The lowest BCUT2D eigenvalue weighted by molar-refractivity contribution is -0.0506. The fourth-order valence-corrected chi connectivity index (χ4v) is 2.53. The second-order valence-electron chi connectivity index (χ2n) is 4.88.